The van der Waals surface area contributed by atoms with E-state index in [-0.39, 0.29) is 12.5 Å². The zero-order valence-electron chi connectivity index (χ0n) is 12.4. The lowest BCUT2D eigenvalue weighted by atomic mass is 9.89. The van der Waals surface area contributed by atoms with E-state index in [1.54, 1.807) is 0 Å². The molecule has 0 bridgehead atoms. The molecule has 0 saturated heterocycles. The Morgan fingerprint density at radius 1 is 1.35 bits per heavy atom. The molecule has 1 amide bonds. The molecular weight excluding hydrogens is 256 g/mol. The number of carbonyl (C=O) groups excluding carboxylic acids is 1. The van der Waals surface area contributed by atoms with E-state index in [9.17, 15) is 9.90 Å². The van der Waals surface area contributed by atoms with E-state index in [2.05, 4.69) is 17.6 Å². The highest BCUT2D eigenvalue weighted by Crippen LogP contribution is 2.25. The molecule has 5 heteroatoms. The second-order valence-corrected chi connectivity index (χ2v) is 6.35. The van der Waals surface area contributed by atoms with Gasteiger partial charge in [-0.2, -0.15) is 0 Å². The van der Waals surface area contributed by atoms with Crippen molar-refractivity contribution in [3.05, 3.63) is 0 Å². The van der Waals surface area contributed by atoms with E-state index in [0.29, 0.717) is 25.3 Å². The van der Waals surface area contributed by atoms with Crippen LogP contribution in [0.2, 0.25) is 0 Å². The zero-order valence-corrected chi connectivity index (χ0v) is 12.4. The van der Waals surface area contributed by atoms with Crippen molar-refractivity contribution in [1.82, 2.24) is 10.6 Å². The van der Waals surface area contributed by atoms with Gasteiger partial charge in [0.05, 0.1) is 25.4 Å². The Balaban J connectivity index is 1.49. The van der Waals surface area contributed by atoms with Gasteiger partial charge in [0.15, 0.2) is 0 Å². The van der Waals surface area contributed by atoms with Crippen molar-refractivity contribution in [3.63, 3.8) is 0 Å². The minimum Gasteiger partial charge on any atom is -0.389 e. The summed E-state index contributed by atoms with van der Waals surface area (Å²) in [5.41, 5.74) is 0. The van der Waals surface area contributed by atoms with E-state index in [0.717, 1.165) is 31.6 Å². The Hall–Kier alpha value is -0.650. The number of aliphatic hydroxyl groups excluding tert-OH is 1. The average molecular weight is 284 g/mol. The van der Waals surface area contributed by atoms with Crippen LogP contribution in [0.25, 0.3) is 0 Å². The van der Waals surface area contributed by atoms with Gasteiger partial charge < -0.3 is 20.5 Å². The summed E-state index contributed by atoms with van der Waals surface area (Å²) in [4.78, 5) is 11.4. The molecule has 2 fully saturated rings. The number of nitrogens with one attached hydrogen (secondary N) is 2. The molecule has 3 unspecified atom stereocenters. The highest BCUT2D eigenvalue weighted by Gasteiger charge is 2.23. The molecule has 20 heavy (non-hydrogen) atoms. The Labute approximate surface area is 121 Å². The zero-order chi connectivity index (χ0) is 14.4. The maximum Gasteiger partial charge on any atom is 0.234 e. The van der Waals surface area contributed by atoms with Crippen molar-refractivity contribution < 1.29 is 14.6 Å². The molecule has 2 aliphatic rings. The Morgan fingerprint density at radius 3 is 2.85 bits per heavy atom. The lowest BCUT2D eigenvalue weighted by Gasteiger charge is -2.27. The van der Waals surface area contributed by atoms with E-state index in [4.69, 9.17) is 4.74 Å². The van der Waals surface area contributed by atoms with Crippen LogP contribution in [0.15, 0.2) is 0 Å². The minimum atomic E-state index is -0.541. The van der Waals surface area contributed by atoms with Gasteiger partial charge >= 0.3 is 0 Å². The summed E-state index contributed by atoms with van der Waals surface area (Å²) in [6, 6.07) is 0.394. The second-order valence-electron chi connectivity index (χ2n) is 6.35. The number of amides is 1. The summed E-state index contributed by atoms with van der Waals surface area (Å²) in [5.74, 6) is 0.747. The molecule has 0 heterocycles. The number of ether oxygens (including phenoxy) is 1. The van der Waals surface area contributed by atoms with Gasteiger partial charge in [0.2, 0.25) is 5.91 Å². The van der Waals surface area contributed by atoms with Crippen LogP contribution in [0.1, 0.15) is 45.4 Å². The molecule has 0 spiro atoms. The van der Waals surface area contributed by atoms with Crippen molar-refractivity contribution >= 4 is 5.91 Å². The van der Waals surface area contributed by atoms with Crippen molar-refractivity contribution in [3.8, 4) is 0 Å². The number of aliphatic hydroxyl groups is 1. The first kappa shape index (κ1) is 15.7. The van der Waals surface area contributed by atoms with Gasteiger partial charge in [0.25, 0.3) is 0 Å². The predicted molar refractivity (Wildman–Crippen MR) is 77.4 cm³/mol. The van der Waals surface area contributed by atoms with Gasteiger partial charge in [-0.05, 0) is 31.6 Å². The first-order chi connectivity index (χ1) is 9.63. The van der Waals surface area contributed by atoms with Crippen LogP contribution >= 0.6 is 0 Å². The van der Waals surface area contributed by atoms with Crippen molar-refractivity contribution in [2.45, 2.75) is 63.7 Å². The Bertz CT molecular complexity index is 307. The molecule has 5 nitrogen and oxygen atoms in total. The number of rotatable bonds is 8. The summed E-state index contributed by atoms with van der Waals surface area (Å²) in [5, 5.41) is 15.7. The molecule has 116 valence electrons. The average Bonchev–Trinajstić information content (AvgIpc) is 3.20. The lowest BCUT2D eigenvalue weighted by Crippen LogP contribution is -2.39. The molecule has 3 atom stereocenters. The quantitative estimate of drug-likeness (QED) is 0.617. The summed E-state index contributed by atoms with van der Waals surface area (Å²) in [6.45, 7) is 3.29. The first-order valence-electron chi connectivity index (χ1n) is 7.93. The third kappa shape index (κ3) is 6.20. The van der Waals surface area contributed by atoms with Crippen molar-refractivity contribution in [2.24, 2.45) is 5.92 Å². The molecule has 0 aromatic heterocycles. The fourth-order valence-corrected chi connectivity index (χ4v) is 2.69. The molecule has 0 aliphatic heterocycles. The van der Waals surface area contributed by atoms with Gasteiger partial charge in [-0.3, -0.25) is 4.79 Å². The molecule has 2 saturated carbocycles. The molecule has 0 aromatic rings. The van der Waals surface area contributed by atoms with Crippen molar-refractivity contribution in [2.75, 3.05) is 19.7 Å². The Kier molecular flexibility index (Phi) is 6.26. The maximum absolute atomic E-state index is 11.4. The van der Waals surface area contributed by atoms with Crippen LogP contribution in [0.3, 0.4) is 0 Å². The second kappa shape index (κ2) is 7.96. The highest BCUT2D eigenvalue weighted by atomic mass is 16.5. The maximum atomic E-state index is 11.4. The van der Waals surface area contributed by atoms with Gasteiger partial charge in [0, 0.05) is 12.6 Å². The Morgan fingerprint density at radius 2 is 2.15 bits per heavy atom. The predicted octanol–water partition coefficient (Wildman–Crippen LogP) is 0.811. The third-order valence-corrected chi connectivity index (χ3v) is 4.02. The van der Waals surface area contributed by atoms with Crippen LogP contribution in [0.5, 0.6) is 0 Å². The van der Waals surface area contributed by atoms with Gasteiger partial charge in [-0.15, -0.1) is 0 Å². The largest absolute Gasteiger partial charge is 0.389 e. The summed E-state index contributed by atoms with van der Waals surface area (Å²) < 4.78 is 5.76. The van der Waals surface area contributed by atoms with Crippen LogP contribution in [-0.4, -0.2) is 49.0 Å². The third-order valence-electron chi connectivity index (χ3n) is 4.02. The number of carbonyl (C=O) groups is 1. The summed E-state index contributed by atoms with van der Waals surface area (Å²) in [6.07, 6.45) is 6.68. The summed E-state index contributed by atoms with van der Waals surface area (Å²) in [7, 11) is 0. The number of hydrogen-bond donors (Lipinski definition) is 3. The smallest absolute Gasteiger partial charge is 0.234 e. The molecule has 2 aliphatic carbocycles. The monoisotopic (exact) mass is 284 g/mol. The van der Waals surface area contributed by atoms with Crippen molar-refractivity contribution in [1.29, 1.82) is 0 Å². The van der Waals surface area contributed by atoms with Crippen LogP contribution in [0.4, 0.5) is 0 Å². The molecule has 3 N–H and O–H groups in total. The highest BCUT2D eigenvalue weighted by molar-refractivity contribution is 5.78. The van der Waals surface area contributed by atoms with Crippen LogP contribution < -0.4 is 10.6 Å². The standard InChI is InChI=1S/C15H28N2O3/c1-11-3-2-4-14(7-11)20-10-13(18)8-16-9-15(19)17-12-5-6-12/h11-14,16,18H,2-10H2,1H3,(H,17,19). The number of hydrogen-bond acceptors (Lipinski definition) is 4. The molecular formula is C15H28N2O3. The van der Waals surface area contributed by atoms with Gasteiger partial charge in [-0.25, -0.2) is 0 Å². The fraction of sp³-hybridized carbons (Fsp3) is 0.933. The normalized spacial score (nSPS) is 28.1. The van der Waals surface area contributed by atoms with Gasteiger partial charge in [0.1, 0.15) is 0 Å². The topological polar surface area (TPSA) is 70.6 Å². The SMILES string of the molecule is CC1CCCC(OCC(O)CNCC(=O)NC2CC2)C1. The molecule has 2 rings (SSSR count). The van der Waals surface area contributed by atoms with E-state index < -0.39 is 6.10 Å². The fourth-order valence-electron chi connectivity index (χ4n) is 2.69. The van der Waals surface area contributed by atoms with E-state index >= 15 is 0 Å². The van der Waals surface area contributed by atoms with E-state index in [1.165, 1.54) is 12.8 Å². The molecule has 0 aromatic carbocycles. The minimum absolute atomic E-state index is 0.0155. The summed E-state index contributed by atoms with van der Waals surface area (Å²) >= 11 is 0. The van der Waals surface area contributed by atoms with Gasteiger partial charge in [-0.1, -0.05) is 19.8 Å². The van der Waals surface area contributed by atoms with Crippen LogP contribution in [0, 0.1) is 5.92 Å². The molecule has 0 radical (unpaired) electrons. The lowest BCUT2D eigenvalue weighted by molar-refractivity contribution is -0.120. The van der Waals surface area contributed by atoms with Crippen LogP contribution in [-0.2, 0) is 9.53 Å². The van der Waals surface area contributed by atoms with E-state index in [1.807, 2.05) is 0 Å². The first-order valence-corrected chi connectivity index (χ1v) is 7.93.